The molecule has 0 saturated carbocycles. The van der Waals surface area contributed by atoms with E-state index in [1.165, 1.54) is 4.52 Å². The summed E-state index contributed by atoms with van der Waals surface area (Å²) in [5, 5.41) is 10.4. The molecule has 0 aliphatic carbocycles. The smallest absolute Gasteiger partial charge is 0.240 e. The van der Waals surface area contributed by atoms with Crippen LogP contribution in [0, 0.1) is 0 Å². The van der Waals surface area contributed by atoms with Gasteiger partial charge in [0.15, 0.2) is 5.65 Å². The van der Waals surface area contributed by atoms with Crippen LogP contribution in [0.4, 0.5) is 5.95 Å². The molecule has 1 aliphatic rings. The molecule has 1 aliphatic heterocycles. The second-order valence-electron chi connectivity index (χ2n) is 6.76. The van der Waals surface area contributed by atoms with Gasteiger partial charge in [-0.05, 0) is 29.3 Å². The van der Waals surface area contributed by atoms with Gasteiger partial charge in [-0.3, -0.25) is 4.99 Å². The van der Waals surface area contributed by atoms with E-state index in [4.69, 9.17) is 34.1 Å². The van der Waals surface area contributed by atoms with Crippen molar-refractivity contribution in [1.82, 2.24) is 14.6 Å². The number of anilines is 1. The minimum atomic E-state index is -4.04. The van der Waals surface area contributed by atoms with Crippen LogP contribution in [0.3, 0.4) is 0 Å². The van der Waals surface area contributed by atoms with Crippen molar-refractivity contribution in [1.29, 1.82) is 0 Å². The summed E-state index contributed by atoms with van der Waals surface area (Å²) >= 11 is 12.4. The van der Waals surface area contributed by atoms with Crippen LogP contribution < -0.4 is 10.9 Å². The molecule has 0 radical (unpaired) electrons. The van der Waals surface area contributed by atoms with Crippen LogP contribution >= 0.6 is 23.2 Å². The molecule has 0 saturated heterocycles. The van der Waals surface area contributed by atoms with Gasteiger partial charge in [0.05, 0.1) is 16.6 Å². The first-order chi connectivity index (χ1) is 13.7. The summed E-state index contributed by atoms with van der Waals surface area (Å²) in [5.74, 6) is 0.142. The number of nitrogens with zero attached hydrogens (tertiary/aromatic N) is 4. The van der Waals surface area contributed by atoms with E-state index in [2.05, 4.69) is 15.1 Å². The Kier molecular flexibility index (Phi) is 4.86. The third kappa shape index (κ3) is 3.62. The van der Waals surface area contributed by atoms with Crippen molar-refractivity contribution >= 4 is 56.6 Å². The van der Waals surface area contributed by atoms with Crippen LogP contribution in [0.25, 0.3) is 11.2 Å². The van der Waals surface area contributed by atoms with Crippen molar-refractivity contribution < 1.29 is 8.42 Å². The maximum absolute atomic E-state index is 12.6. The Morgan fingerprint density at radius 2 is 2.00 bits per heavy atom. The standard InChI is InChI=1S/C18H16Cl2N6O2S/c19-14-3-1-2-11(16(14)20)6-18(29(22,27)28)7-13(8-23-10-18)12-4-5-15-24-17(21)25-26(15)9-12/h1-5,7-9H,6,10H2,(H2,21,25)(H2,22,27,28). The van der Waals surface area contributed by atoms with Crippen molar-refractivity contribution in [3.05, 3.63) is 63.8 Å². The number of aromatic nitrogens is 3. The fourth-order valence-electron chi connectivity index (χ4n) is 3.28. The summed E-state index contributed by atoms with van der Waals surface area (Å²) in [5.41, 5.74) is 8.04. The molecule has 11 heteroatoms. The van der Waals surface area contributed by atoms with Gasteiger partial charge in [-0.1, -0.05) is 41.4 Å². The quantitative estimate of drug-likeness (QED) is 0.629. The number of nitrogen functional groups attached to an aromatic ring is 1. The van der Waals surface area contributed by atoms with E-state index in [1.54, 1.807) is 48.8 Å². The molecule has 3 heterocycles. The van der Waals surface area contributed by atoms with E-state index < -0.39 is 14.8 Å². The lowest BCUT2D eigenvalue weighted by molar-refractivity contribution is 0.552. The van der Waals surface area contributed by atoms with Gasteiger partial charge in [0.1, 0.15) is 4.75 Å². The van der Waals surface area contributed by atoms with Gasteiger partial charge in [-0.15, -0.1) is 5.10 Å². The van der Waals surface area contributed by atoms with Gasteiger partial charge in [-0.25, -0.2) is 18.1 Å². The van der Waals surface area contributed by atoms with Crippen LogP contribution in [0.1, 0.15) is 11.1 Å². The summed E-state index contributed by atoms with van der Waals surface area (Å²) < 4.78 is 25.3. The van der Waals surface area contributed by atoms with Gasteiger partial charge < -0.3 is 5.73 Å². The molecule has 3 aromatic rings. The van der Waals surface area contributed by atoms with Crippen LogP contribution in [0.2, 0.25) is 10.0 Å². The van der Waals surface area contributed by atoms with Crippen LogP contribution in [-0.4, -0.2) is 40.5 Å². The predicted molar refractivity (Wildman–Crippen MR) is 115 cm³/mol. The Balaban J connectivity index is 1.82. The number of fused-ring (bicyclic) bond motifs is 1. The average molecular weight is 451 g/mol. The molecule has 1 atom stereocenters. The summed E-state index contributed by atoms with van der Waals surface area (Å²) in [6, 6.07) is 8.58. The third-order valence-corrected chi connectivity index (χ3v) is 7.16. The van der Waals surface area contributed by atoms with E-state index in [0.29, 0.717) is 32.4 Å². The molecule has 29 heavy (non-hydrogen) atoms. The third-order valence-electron chi connectivity index (χ3n) is 4.78. The maximum Gasteiger partial charge on any atom is 0.240 e. The Labute approximate surface area is 176 Å². The minimum absolute atomic E-state index is 0.0311. The number of hydrogen-bond donors (Lipinski definition) is 2. The second-order valence-corrected chi connectivity index (χ2v) is 9.45. The SMILES string of the molecule is Nc1nc2ccc(C3=CC(Cc4cccc(Cl)c4Cl)(S(N)(=O)=O)CN=C3)cn2n1. The molecular weight excluding hydrogens is 435 g/mol. The van der Waals surface area contributed by atoms with E-state index in [1.807, 2.05) is 0 Å². The molecule has 4 N–H and O–H groups in total. The zero-order chi connectivity index (χ0) is 20.8. The summed E-state index contributed by atoms with van der Waals surface area (Å²) in [6.45, 7) is -0.0311. The van der Waals surface area contributed by atoms with Gasteiger partial charge in [0, 0.05) is 24.4 Å². The molecule has 1 aromatic carbocycles. The first kappa shape index (κ1) is 19.8. The molecular formula is C18H16Cl2N6O2S. The van der Waals surface area contributed by atoms with E-state index in [9.17, 15) is 8.42 Å². The Bertz CT molecular complexity index is 1280. The molecule has 0 bridgehead atoms. The van der Waals surface area contributed by atoms with Crippen molar-refractivity contribution in [3.63, 3.8) is 0 Å². The molecule has 0 amide bonds. The Morgan fingerprint density at radius 3 is 2.76 bits per heavy atom. The largest absolute Gasteiger partial charge is 0.366 e. The van der Waals surface area contributed by atoms with E-state index >= 15 is 0 Å². The van der Waals surface area contributed by atoms with Crippen LogP contribution in [-0.2, 0) is 16.4 Å². The first-order valence-electron chi connectivity index (χ1n) is 8.49. The monoisotopic (exact) mass is 450 g/mol. The van der Waals surface area contributed by atoms with Crippen molar-refractivity contribution in [3.8, 4) is 0 Å². The fraction of sp³-hybridized carbons (Fsp3) is 0.167. The number of aliphatic imine (C=N–C) groups is 1. The molecule has 4 rings (SSSR count). The Hall–Kier alpha value is -2.46. The molecule has 8 nitrogen and oxygen atoms in total. The summed E-state index contributed by atoms with van der Waals surface area (Å²) in [6.07, 6.45) is 4.94. The number of pyridine rings is 1. The zero-order valence-electron chi connectivity index (χ0n) is 15.0. The number of nitrogens with two attached hydrogens (primary N) is 2. The lowest BCUT2D eigenvalue weighted by Gasteiger charge is -2.30. The number of halogens is 2. The molecule has 150 valence electrons. The van der Waals surface area contributed by atoms with Gasteiger partial charge in [0.2, 0.25) is 16.0 Å². The van der Waals surface area contributed by atoms with Gasteiger partial charge in [-0.2, -0.15) is 4.98 Å². The fourth-order valence-corrected chi connectivity index (χ4v) is 4.57. The minimum Gasteiger partial charge on any atom is -0.366 e. The average Bonchev–Trinajstić information content (AvgIpc) is 3.04. The first-order valence-corrected chi connectivity index (χ1v) is 10.8. The van der Waals surface area contributed by atoms with Gasteiger partial charge >= 0.3 is 0 Å². The maximum atomic E-state index is 12.6. The molecule has 0 fully saturated rings. The summed E-state index contributed by atoms with van der Waals surface area (Å²) in [7, 11) is -4.04. The zero-order valence-corrected chi connectivity index (χ0v) is 17.3. The van der Waals surface area contributed by atoms with Crippen LogP contribution in [0.15, 0.2) is 47.6 Å². The lowest BCUT2D eigenvalue weighted by atomic mass is 9.92. The lowest BCUT2D eigenvalue weighted by Crippen LogP contribution is -2.47. The number of allylic oxidation sites excluding steroid dienone is 1. The molecule has 0 spiro atoms. The highest BCUT2D eigenvalue weighted by Gasteiger charge is 2.42. The van der Waals surface area contributed by atoms with Gasteiger partial charge in [0.25, 0.3) is 0 Å². The highest BCUT2D eigenvalue weighted by Crippen LogP contribution is 2.34. The number of sulfonamides is 1. The highest BCUT2D eigenvalue weighted by molar-refractivity contribution is 7.90. The number of primary sulfonamides is 1. The number of dihydropyridines is 1. The Morgan fingerprint density at radius 1 is 1.21 bits per heavy atom. The number of rotatable bonds is 4. The predicted octanol–water partition coefficient (Wildman–Crippen LogP) is 2.36. The summed E-state index contributed by atoms with van der Waals surface area (Å²) in [4.78, 5) is 8.36. The van der Waals surface area contributed by atoms with E-state index in [0.717, 1.165) is 0 Å². The number of hydrogen-bond acceptors (Lipinski definition) is 6. The second kappa shape index (κ2) is 7.10. The number of benzene rings is 1. The molecule has 1 unspecified atom stereocenters. The topological polar surface area (TPSA) is 129 Å². The molecule has 2 aromatic heterocycles. The normalized spacial score (nSPS) is 19.5. The van der Waals surface area contributed by atoms with Crippen molar-refractivity contribution in [2.24, 2.45) is 10.1 Å². The highest BCUT2D eigenvalue weighted by atomic mass is 35.5. The van der Waals surface area contributed by atoms with E-state index in [-0.39, 0.29) is 18.9 Å². The van der Waals surface area contributed by atoms with Crippen molar-refractivity contribution in [2.45, 2.75) is 11.2 Å². The van der Waals surface area contributed by atoms with Crippen LogP contribution in [0.5, 0.6) is 0 Å². The van der Waals surface area contributed by atoms with Crippen molar-refractivity contribution in [2.75, 3.05) is 12.3 Å².